The number of imidazole rings is 1. The lowest BCUT2D eigenvalue weighted by atomic mass is 10.3. The molecule has 4 nitrogen and oxygen atoms in total. The van der Waals surface area contributed by atoms with Crippen LogP contribution in [0, 0.1) is 0 Å². The highest BCUT2D eigenvalue weighted by atomic mass is 35.5. The summed E-state index contributed by atoms with van der Waals surface area (Å²) in [6.07, 6.45) is 5.48. The van der Waals surface area contributed by atoms with E-state index in [2.05, 4.69) is 10.3 Å². The third-order valence-corrected chi connectivity index (χ3v) is 2.92. The van der Waals surface area contributed by atoms with E-state index in [-0.39, 0.29) is 5.91 Å². The van der Waals surface area contributed by atoms with Gasteiger partial charge in [-0.25, -0.2) is 4.98 Å². The number of aromatic nitrogens is 2. The molecule has 2 rings (SSSR count). The first-order valence-corrected chi connectivity index (χ1v) is 5.60. The molecule has 1 heterocycles. The van der Waals surface area contributed by atoms with Crippen LogP contribution in [-0.4, -0.2) is 21.5 Å². The molecule has 0 spiro atoms. The van der Waals surface area contributed by atoms with Gasteiger partial charge in [0.15, 0.2) is 5.38 Å². The Bertz CT molecular complexity index is 359. The third kappa shape index (κ3) is 2.31. The quantitative estimate of drug-likeness (QED) is 0.792. The molecule has 1 aromatic heterocycles. The number of aryl methyl sites for hydroxylation is 1. The summed E-state index contributed by atoms with van der Waals surface area (Å²) in [6, 6.07) is 0.344. The van der Waals surface area contributed by atoms with Crippen molar-refractivity contribution in [3.63, 3.8) is 0 Å². The van der Waals surface area contributed by atoms with E-state index >= 15 is 0 Å². The summed E-state index contributed by atoms with van der Waals surface area (Å²) >= 11 is 6.08. The molecular formula is C10H14ClN3O. The maximum absolute atomic E-state index is 11.7. The van der Waals surface area contributed by atoms with Gasteiger partial charge >= 0.3 is 0 Å². The average Bonchev–Trinajstić information content (AvgIpc) is 2.92. The number of halogens is 1. The van der Waals surface area contributed by atoms with Crippen molar-refractivity contribution in [3.05, 3.63) is 18.2 Å². The van der Waals surface area contributed by atoms with Crippen LogP contribution < -0.4 is 5.32 Å². The first-order valence-electron chi connectivity index (χ1n) is 5.17. The summed E-state index contributed by atoms with van der Waals surface area (Å²) in [7, 11) is 0. The molecule has 1 aliphatic rings. The van der Waals surface area contributed by atoms with E-state index < -0.39 is 5.38 Å². The maximum atomic E-state index is 11.7. The molecule has 1 saturated carbocycles. The Balaban J connectivity index is 2.04. The number of hydrogen-bond acceptors (Lipinski definition) is 2. The molecule has 82 valence electrons. The van der Waals surface area contributed by atoms with Gasteiger partial charge in [0.1, 0.15) is 0 Å². The van der Waals surface area contributed by atoms with Gasteiger partial charge in [-0.2, -0.15) is 0 Å². The smallest absolute Gasteiger partial charge is 0.244 e. The second-order valence-electron chi connectivity index (χ2n) is 3.75. The third-order valence-electron chi connectivity index (χ3n) is 2.50. The molecule has 0 aliphatic heterocycles. The van der Waals surface area contributed by atoms with E-state index in [0.29, 0.717) is 6.04 Å². The Kier molecular flexibility index (Phi) is 2.95. The molecular weight excluding hydrogens is 214 g/mol. The average molecular weight is 228 g/mol. The summed E-state index contributed by atoms with van der Waals surface area (Å²) in [6.45, 7) is 2.77. The van der Waals surface area contributed by atoms with Gasteiger partial charge in [-0.1, -0.05) is 0 Å². The van der Waals surface area contributed by atoms with E-state index in [1.165, 1.54) is 0 Å². The SMILES string of the molecule is CCn1cncc1C(Cl)C(=O)NC1CC1. The summed E-state index contributed by atoms with van der Waals surface area (Å²) in [5.74, 6) is -0.116. The zero-order valence-electron chi connectivity index (χ0n) is 8.61. The molecule has 1 aliphatic carbocycles. The Morgan fingerprint density at radius 2 is 2.53 bits per heavy atom. The highest BCUT2D eigenvalue weighted by Crippen LogP contribution is 2.24. The molecule has 1 amide bonds. The molecule has 1 N–H and O–H groups in total. The van der Waals surface area contributed by atoms with Crippen molar-refractivity contribution in [1.29, 1.82) is 0 Å². The standard InChI is InChI=1S/C10H14ClN3O/c1-2-14-6-12-5-8(14)9(11)10(15)13-7-3-4-7/h5-7,9H,2-4H2,1H3,(H,13,15). The van der Waals surface area contributed by atoms with Gasteiger partial charge in [-0.05, 0) is 19.8 Å². The van der Waals surface area contributed by atoms with Crippen LogP contribution in [0.2, 0.25) is 0 Å². The van der Waals surface area contributed by atoms with Crippen LogP contribution in [-0.2, 0) is 11.3 Å². The number of alkyl halides is 1. The van der Waals surface area contributed by atoms with Gasteiger partial charge in [-0.15, -0.1) is 11.6 Å². The van der Waals surface area contributed by atoms with E-state index in [4.69, 9.17) is 11.6 Å². The lowest BCUT2D eigenvalue weighted by Gasteiger charge is -2.11. The minimum atomic E-state index is -0.631. The molecule has 1 atom stereocenters. The van der Waals surface area contributed by atoms with Gasteiger partial charge in [-0.3, -0.25) is 4.79 Å². The number of nitrogens with zero attached hydrogens (tertiary/aromatic N) is 2. The topological polar surface area (TPSA) is 46.9 Å². The zero-order valence-corrected chi connectivity index (χ0v) is 9.37. The molecule has 1 fully saturated rings. The Labute approximate surface area is 93.6 Å². The maximum Gasteiger partial charge on any atom is 0.244 e. The first kappa shape index (κ1) is 10.5. The monoisotopic (exact) mass is 227 g/mol. The molecule has 0 bridgehead atoms. The number of amides is 1. The van der Waals surface area contributed by atoms with Crippen molar-refractivity contribution in [3.8, 4) is 0 Å². The van der Waals surface area contributed by atoms with Crippen LogP contribution in [0.5, 0.6) is 0 Å². The number of carbonyl (C=O) groups excluding carboxylic acids is 1. The largest absolute Gasteiger partial charge is 0.352 e. The second kappa shape index (κ2) is 4.23. The highest BCUT2D eigenvalue weighted by molar-refractivity contribution is 6.30. The van der Waals surface area contributed by atoms with Gasteiger partial charge in [0.05, 0.1) is 18.2 Å². The van der Waals surface area contributed by atoms with Crippen molar-refractivity contribution < 1.29 is 4.79 Å². The van der Waals surface area contributed by atoms with Crippen molar-refractivity contribution in [2.45, 2.75) is 37.7 Å². The van der Waals surface area contributed by atoms with Gasteiger partial charge in [0.25, 0.3) is 0 Å². The van der Waals surface area contributed by atoms with Crippen LogP contribution >= 0.6 is 11.6 Å². The Morgan fingerprint density at radius 1 is 1.80 bits per heavy atom. The molecule has 5 heteroatoms. The fourth-order valence-electron chi connectivity index (χ4n) is 1.44. The zero-order chi connectivity index (χ0) is 10.8. The molecule has 1 aromatic rings. The fourth-order valence-corrected chi connectivity index (χ4v) is 1.69. The van der Waals surface area contributed by atoms with E-state index in [1.54, 1.807) is 12.5 Å². The van der Waals surface area contributed by atoms with E-state index in [9.17, 15) is 4.79 Å². The van der Waals surface area contributed by atoms with Crippen molar-refractivity contribution in [1.82, 2.24) is 14.9 Å². The van der Waals surface area contributed by atoms with Crippen LogP contribution in [0.4, 0.5) is 0 Å². The van der Waals surface area contributed by atoms with Crippen LogP contribution in [0.1, 0.15) is 30.8 Å². The van der Waals surface area contributed by atoms with Gasteiger partial charge in [0.2, 0.25) is 5.91 Å². The molecule has 1 unspecified atom stereocenters. The predicted molar refractivity (Wildman–Crippen MR) is 57.7 cm³/mol. The van der Waals surface area contributed by atoms with E-state index in [1.807, 2.05) is 11.5 Å². The summed E-state index contributed by atoms with van der Waals surface area (Å²) in [4.78, 5) is 15.7. The van der Waals surface area contributed by atoms with Gasteiger partial charge < -0.3 is 9.88 Å². The normalized spacial score (nSPS) is 17.5. The van der Waals surface area contributed by atoms with Gasteiger partial charge in [0, 0.05) is 12.6 Å². The summed E-state index contributed by atoms with van der Waals surface area (Å²) < 4.78 is 1.88. The van der Waals surface area contributed by atoms with Crippen LogP contribution in [0.25, 0.3) is 0 Å². The first-order chi connectivity index (χ1) is 7.22. The minimum Gasteiger partial charge on any atom is -0.352 e. The second-order valence-corrected chi connectivity index (χ2v) is 4.19. The van der Waals surface area contributed by atoms with E-state index in [0.717, 1.165) is 25.1 Å². The fraction of sp³-hybridized carbons (Fsp3) is 0.600. The Morgan fingerprint density at radius 3 is 3.13 bits per heavy atom. The highest BCUT2D eigenvalue weighted by Gasteiger charge is 2.28. The summed E-state index contributed by atoms with van der Waals surface area (Å²) in [5.41, 5.74) is 0.761. The predicted octanol–water partition coefficient (Wildman–Crippen LogP) is 1.46. The Hall–Kier alpha value is -1.03. The van der Waals surface area contributed by atoms with Crippen molar-refractivity contribution in [2.75, 3.05) is 0 Å². The molecule has 15 heavy (non-hydrogen) atoms. The molecule has 0 saturated heterocycles. The number of carbonyl (C=O) groups is 1. The molecule has 0 aromatic carbocycles. The number of hydrogen-bond donors (Lipinski definition) is 1. The lowest BCUT2D eigenvalue weighted by Crippen LogP contribution is -2.29. The molecule has 0 radical (unpaired) electrons. The number of rotatable bonds is 4. The number of nitrogens with one attached hydrogen (secondary N) is 1. The van der Waals surface area contributed by atoms with Crippen molar-refractivity contribution >= 4 is 17.5 Å². The lowest BCUT2D eigenvalue weighted by molar-refractivity contribution is -0.121. The van der Waals surface area contributed by atoms with Crippen LogP contribution in [0.15, 0.2) is 12.5 Å². The minimum absolute atomic E-state index is 0.116. The van der Waals surface area contributed by atoms with Crippen molar-refractivity contribution in [2.24, 2.45) is 0 Å². The van der Waals surface area contributed by atoms with Crippen LogP contribution in [0.3, 0.4) is 0 Å². The summed E-state index contributed by atoms with van der Waals surface area (Å²) in [5, 5.41) is 2.25.